The summed E-state index contributed by atoms with van der Waals surface area (Å²) in [5.74, 6) is -1.30. The lowest BCUT2D eigenvalue weighted by Gasteiger charge is -2.09. The summed E-state index contributed by atoms with van der Waals surface area (Å²) in [6.07, 6.45) is 0.420. The van der Waals surface area contributed by atoms with Crippen LogP contribution >= 0.6 is 0 Å². The van der Waals surface area contributed by atoms with Gasteiger partial charge in [0.1, 0.15) is 5.82 Å². The molecule has 0 spiro atoms. The van der Waals surface area contributed by atoms with Crippen LogP contribution < -0.4 is 11.1 Å². The Bertz CT molecular complexity index is 450. The van der Waals surface area contributed by atoms with Gasteiger partial charge in [0.05, 0.1) is 22.7 Å². The minimum Gasteiger partial charge on any atom is -0.324 e. The molecule has 0 heterocycles. The van der Waals surface area contributed by atoms with Gasteiger partial charge in [0.25, 0.3) is 5.69 Å². The van der Waals surface area contributed by atoms with Crippen molar-refractivity contribution in [3.63, 3.8) is 0 Å². The molecule has 1 aromatic carbocycles. The highest BCUT2D eigenvalue weighted by molar-refractivity contribution is 5.94. The number of rotatable bonds is 4. The zero-order valence-electron chi connectivity index (χ0n) is 9.14. The number of hydrogen-bond acceptors (Lipinski definition) is 4. The molecule has 0 saturated carbocycles. The second-order valence-electron chi connectivity index (χ2n) is 3.46. The second kappa shape index (κ2) is 5.35. The molecule has 0 bridgehead atoms. The van der Waals surface area contributed by atoms with Gasteiger partial charge in [-0.15, -0.1) is 0 Å². The van der Waals surface area contributed by atoms with Gasteiger partial charge in [-0.3, -0.25) is 14.9 Å². The zero-order chi connectivity index (χ0) is 13.0. The molecular formula is C10H12FN3O3. The molecule has 0 aliphatic heterocycles. The summed E-state index contributed by atoms with van der Waals surface area (Å²) in [4.78, 5) is 21.2. The highest BCUT2D eigenvalue weighted by Crippen LogP contribution is 2.20. The van der Waals surface area contributed by atoms with E-state index in [2.05, 4.69) is 5.32 Å². The van der Waals surface area contributed by atoms with Gasteiger partial charge >= 0.3 is 0 Å². The standard InChI is InChI=1S/C10H12FN3O3/c1-2-9(12)10(15)13-7-3-6(11)4-8(5-7)14(16)17/h3-5,9H,2,12H2,1H3,(H,13,15)/t9-/m1/s1. The van der Waals surface area contributed by atoms with Crippen molar-refractivity contribution in [3.05, 3.63) is 34.1 Å². The Morgan fingerprint density at radius 3 is 2.76 bits per heavy atom. The number of nitrogens with two attached hydrogens (primary N) is 1. The van der Waals surface area contributed by atoms with E-state index in [4.69, 9.17) is 5.73 Å². The number of hydrogen-bond donors (Lipinski definition) is 2. The van der Waals surface area contributed by atoms with Gasteiger partial charge in [0.15, 0.2) is 0 Å². The molecule has 7 heteroatoms. The number of nitro groups is 1. The fraction of sp³-hybridized carbons (Fsp3) is 0.300. The molecule has 1 amide bonds. The Labute approximate surface area is 96.8 Å². The summed E-state index contributed by atoms with van der Waals surface area (Å²) < 4.78 is 13.0. The van der Waals surface area contributed by atoms with Crippen LogP contribution in [-0.4, -0.2) is 16.9 Å². The summed E-state index contributed by atoms with van der Waals surface area (Å²) in [6.45, 7) is 1.72. The van der Waals surface area contributed by atoms with E-state index in [1.165, 1.54) is 0 Å². The smallest absolute Gasteiger partial charge is 0.274 e. The molecule has 0 fully saturated rings. The molecular weight excluding hydrogens is 229 g/mol. The van der Waals surface area contributed by atoms with Gasteiger partial charge in [-0.2, -0.15) is 0 Å². The van der Waals surface area contributed by atoms with E-state index in [-0.39, 0.29) is 5.69 Å². The van der Waals surface area contributed by atoms with Crippen molar-refractivity contribution in [2.24, 2.45) is 5.73 Å². The molecule has 6 nitrogen and oxygen atoms in total. The maximum Gasteiger partial charge on any atom is 0.274 e. The monoisotopic (exact) mass is 241 g/mol. The highest BCUT2D eigenvalue weighted by Gasteiger charge is 2.14. The molecule has 1 aromatic rings. The first-order chi connectivity index (χ1) is 7.93. The predicted molar refractivity (Wildman–Crippen MR) is 60.0 cm³/mol. The van der Waals surface area contributed by atoms with Crippen LogP contribution in [0.4, 0.5) is 15.8 Å². The summed E-state index contributed by atoms with van der Waals surface area (Å²) in [5.41, 5.74) is 5.05. The van der Waals surface area contributed by atoms with Gasteiger partial charge in [0.2, 0.25) is 5.91 Å². The van der Waals surface area contributed by atoms with E-state index < -0.39 is 28.4 Å². The first-order valence-corrected chi connectivity index (χ1v) is 4.95. The van der Waals surface area contributed by atoms with Crippen molar-refractivity contribution in [2.45, 2.75) is 19.4 Å². The Morgan fingerprint density at radius 2 is 2.24 bits per heavy atom. The van der Waals surface area contributed by atoms with Crippen molar-refractivity contribution in [3.8, 4) is 0 Å². The number of benzene rings is 1. The van der Waals surface area contributed by atoms with Gasteiger partial charge in [-0.25, -0.2) is 4.39 Å². The number of nitro benzene ring substituents is 1. The van der Waals surface area contributed by atoms with Crippen LogP contribution in [0.2, 0.25) is 0 Å². The first kappa shape index (κ1) is 13.0. The third-order valence-corrected chi connectivity index (χ3v) is 2.14. The van der Waals surface area contributed by atoms with Crippen molar-refractivity contribution < 1.29 is 14.1 Å². The lowest BCUT2D eigenvalue weighted by molar-refractivity contribution is -0.385. The maximum atomic E-state index is 13.0. The van der Waals surface area contributed by atoms with Crippen LogP contribution in [0.15, 0.2) is 18.2 Å². The number of carbonyl (C=O) groups is 1. The quantitative estimate of drug-likeness (QED) is 0.615. The van der Waals surface area contributed by atoms with Crippen LogP contribution in [0.25, 0.3) is 0 Å². The Hall–Kier alpha value is -2.02. The number of carbonyl (C=O) groups excluding carboxylic acids is 1. The van der Waals surface area contributed by atoms with Gasteiger partial charge in [-0.05, 0) is 12.5 Å². The van der Waals surface area contributed by atoms with Crippen molar-refractivity contribution in [2.75, 3.05) is 5.32 Å². The number of non-ortho nitro benzene ring substituents is 1. The van der Waals surface area contributed by atoms with Crippen molar-refractivity contribution in [1.82, 2.24) is 0 Å². The van der Waals surface area contributed by atoms with Crippen molar-refractivity contribution >= 4 is 17.3 Å². The lowest BCUT2D eigenvalue weighted by atomic mass is 10.2. The van der Waals surface area contributed by atoms with Gasteiger partial charge in [-0.1, -0.05) is 6.92 Å². The molecule has 3 N–H and O–H groups in total. The van der Waals surface area contributed by atoms with E-state index >= 15 is 0 Å². The number of anilines is 1. The Morgan fingerprint density at radius 1 is 1.59 bits per heavy atom. The van der Waals surface area contributed by atoms with Crippen LogP contribution in [0.5, 0.6) is 0 Å². The third kappa shape index (κ3) is 3.49. The molecule has 92 valence electrons. The Balaban J connectivity index is 2.92. The number of nitrogens with one attached hydrogen (secondary N) is 1. The summed E-state index contributed by atoms with van der Waals surface area (Å²) in [6, 6.07) is 2.11. The first-order valence-electron chi connectivity index (χ1n) is 4.95. The largest absolute Gasteiger partial charge is 0.324 e. The molecule has 0 saturated heterocycles. The molecule has 0 aliphatic rings. The van der Waals surface area contributed by atoms with Gasteiger partial charge < -0.3 is 11.1 Å². The molecule has 1 rings (SSSR count). The number of amides is 1. The molecule has 17 heavy (non-hydrogen) atoms. The summed E-state index contributed by atoms with van der Waals surface area (Å²) >= 11 is 0. The lowest BCUT2D eigenvalue weighted by Crippen LogP contribution is -2.34. The van der Waals surface area contributed by atoms with Crippen molar-refractivity contribution in [1.29, 1.82) is 0 Å². The zero-order valence-corrected chi connectivity index (χ0v) is 9.14. The van der Waals surface area contributed by atoms with E-state index in [1.54, 1.807) is 6.92 Å². The van der Waals surface area contributed by atoms with E-state index in [1.807, 2.05) is 0 Å². The Kier molecular flexibility index (Phi) is 4.11. The van der Waals surface area contributed by atoms with Crippen LogP contribution in [0.3, 0.4) is 0 Å². The molecule has 0 aliphatic carbocycles. The van der Waals surface area contributed by atoms with Gasteiger partial charge in [0, 0.05) is 6.07 Å². The molecule has 0 unspecified atom stereocenters. The average molecular weight is 241 g/mol. The topological polar surface area (TPSA) is 98.3 Å². The third-order valence-electron chi connectivity index (χ3n) is 2.14. The van der Waals surface area contributed by atoms with E-state index in [0.717, 1.165) is 18.2 Å². The van der Waals surface area contributed by atoms with Crippen LogP contribution in [0.1, 0.15) is 13.3 Å². The number of halogens is 1. The number of nitrogens with zero attached hydrogens (tertiary/aromatic N) is 1. The SMILES string of the molecule is CC[C@@H](N)C(=O)Nc1cc(F)cc([N+](=O)[O-])c1. The average Bonchev–Trinajstić information content (AvgIpc) is 2.26. The molecule has 0 aromatic heterocycles. The van der Waals surface area contributed by atoms with Crippen LogP contribution in [0, 0.1) is 15.9 Å². The minimum absolute atomic E-state index is 0.0191. The minimum atomic E-state index is -0.792. The predicted octanol–water partition coefficient (Wildman–Crippen LogP) is 1.41. The van der Waals surface area contributed by atoms with E-state index in [0.29, 0.717) is 6.42 Å². The molecule has 1 atom stereocenters. The fourth-order valence-corrected chi connectivity index (χ4v) is 1.17. The summed E-state index contributed by atoms with van der Waals surface area (Å²) in [5, 5.41) is 12.8. The fourth-order valence-electron chi connectivity index (χ4n) is 1.17. The maximum absolute atomic E-state index is 13.0. The molecule has 0 radical (unpaired) electrons. The highest BCUT2D eigenvalue weighted by atomic mass is 19.1. The van der Waals surface area contributed by atoms with E-state index in [9.17, 15) is 19.3 Å². The van der Waals surface area contributed by atoms with Crippen LogP contribution in [-0.2, 0) is 4.79 Å². The summed E-state index contributed by atoms with van der Waals surface area (Å²) in [7, 11) is 0. The second-order valence-corrected chi connectivity index (χ2v) is 3.46. The normalized spacial score (nSPS) is 11.9.